The normalized spacial score (nSPS) is 32.4. The Morgan fingerprint density at radius 1 is 1.57 bits per heavy atom. The van der Waals surface area contributed by atoms with E-state index in [-0.39, 0.29) is 0 Å². The van der Waals surface area contributed by atoms with Crippen molar-refractivity contribution in [3.8, 4) is 12.3 Å². The zero-order chi connectivity index (χ0) is 10.0. The molecule has 1 aliphatic carbocycles. The van der Waals surface area contributed by atoms with Gasteiger partial charge >= 0.3 is 0 Å². The first-order valence-corrected chi connectivity index (χ1v) is 4.93. The molecule has 1 aliphatic rings. The van der Waals surface area contributed by atoms with E-state index in [1.54, 1.807) is 6.20 Å². The molecule has 0 saturated heterocycles. The molecule has 74 valence electrons. The van der Waals surface area contributed by atoms with Gasteiger partial charge in [0, 0.05) is 18.3 Å². The molecule has 14 heavy (non-hydrogen) atoms. The van der Waals surface area contributed by atoms with E-state index in [1.807, 2.05) is 6.20 Å². The lowest BCUT2D eigenvalue weighted by Gasteiger charge is -2.31. The lowest BCUT2D eigenvalue weighted by molar-refractivity contribution is 0.0542. The van der Waals surface area contributed by atoms with Crippen LogP contribution in [0.15, 0.2) is 12.4 Å². The number of hydrogen-bond donors (Lipinski definition) is 2. The number of hydrogen-bond acceptors (Lipinski definition) is 2. The molecule has 2 rings (SSSR count). The average molecular weight is 190 g/mol. The molecule has 3 nitrogen and oxygen atoms in total. The van der Waals surface area contributed by atoms with Crippen molar-refractivity contribution < 1.29 is 5.11 Å². The van der Waals surface area contributed by atoms with E-state index >= 15 is 0 Å². The van der Waals surface area contributed by atoms with E-state index in [0.717, 1.165) is 18.7 Å². The van der Waals surface area contributed by atoms with Crippen molar-refractivity contribution in [2.24, 2.45) is 0 Å². The minimum absolute atomic E-state index is 0.429. The van der Waals surface area contributed by atoms with Gasteiger partial charge in [0.05, 0.1) is 0 Å². The third kappa shape index (κ3) is 1.66. The summed E-state index contributed by atoms with van der Waals surface area (Å²) in [5.41, 5.74) is -0.872. The fourth-order valence-corrected chi connectivity index (χ4v) is 2.01. The Hall–Kier alpha value is -1.27. The van der Waals surface area contributed by atoms with Crippen molar-refractivity contribution in [1.82, 2.24) is 9.97 Å². The summed E-state index contributed by atoms with van der Waals surface area (Å²) < 4.78 is 0. The monoisotopic (exact) mass is 190 g/mol. The molecule has 0 spiro atoms. The Labute approximate surface area is 83.6 Å². The second-order valence-electron chi connectivity index (χ2n) is 3.92. The van der Waals surface area contributed by atoms with E-state index in [9.17, 15) is 5.11 Å². The van der Waals surface area contributed by atoms with Gasteiger partial charge in [-0.1, -0.05) is 5.92 Å². The first-order chi connectivity index (χ1) is 6.73. The molecule has 1 aromatic rings. The van der Waals surface area contributed by atoms with Gasteiger partial charge in [0.15, 0.2) is 0 Å². The van der Waals surface area contributed by atoms with Crippen LogP contribution in [0.4, 0.5) is 0 Å². The summed E-state index contributed by atoms with van der Waals surface area (Å²) in [6, 6.07) is 0. The Morgan fingerprint density at radius 2 is 2.29 bits per heavy atom. The highest BCUT2D eigenvalue weighted by Crippen LogP contribution is 2.36. The Bertz CT molecular complexity index is 329. The maximum atomic E-state index is 9.83. The average Bonchev–Trinajstić information content (AvgIpc) is 2.72. The zero-order valence-corrected chi connectivity index (χ0v) is 8.03. The van der Waals surface area contributed by atoms with Gasteiger partial charge in [-0.05, 0) is 25.7 Å². The maximum absolute atomic E-state index is 9.83. The molecule has 1 fully saturated rings. The third-order valence-corrected chi connectivity index (χ3v) is 2.99. The van der Waals surface area contributed by atoms with Gasteiger partial charge in [0.25, 0.3) is 0 Å². The topological polar surface area (TPSA) is 48.9 Å². The molecule has 1 saturated carbocycles. The van der Waals surface area contributed by atoms with Gasteiger partial charge in [0.2, 0.25) is 0 Å². The molecular formula is C11H14N2O. The van der Waals surface area contributed by atoms with E-state index in [2.05, 4.69) is 15.9 Å². The van der Waals surface area contributed by atoms with E-state index in [4.69, 9.17) is 6.42 Å². The SMILES string of the molecule is C#CC1(O)CCC(c2ncc[nH]2)CC1. The molecule has 0 unspecified atom stereocenters. The van der Waals surface area contributed by atoms with Gasteiger partial charge in [-0.25, -0.2) is 4.98 Å². The molecule has 2 N–H and O–H groups in total. The summed E-state index contributed by atoms with van der Waals surface area (Å²) in [6.45, 7) is 0. The first kappa shape index (κ1) is 9.29. The molecule has 1 aromatic heterocycles. The van der Waals surface area contributed by atoms with Crippen LogP contribution in [-0.2, 0) is 0 Å². The van der Waals surface area contributed by atoms with Crippen LogP contribution in [-0.4, -0.2) is 20.7 Å². The Kier molecular flexibility index (Phi) is 2.30. The minimum Gasteiger partial charge on any atom is -0.378 e. The summed E-state index contributed by atoms with van der Waals surface area (Å²) in [5, 5.41) is 9.83. The fourth-order valence-electron chi connectivity index (χ4n) is 2.01. The first-order valence-electron chi connectivity index (χ1n) is 4.93. The van der Waals surface area contributed by atoms with Crippen molar-refractivity contribution >= 4 is 0 Å². The maximum Gasteiger partial charge on any atom is 0.125 e. The number of imidazole rings is 1. The molecule has 0 radical (unpaired) electrons. The van der Waals surface area contributed by atoms with Crippen LogP contribution in [0.5, 0.6) is 0 Å². The summed E-state index contributed by atoms with van der Waals surface area (Å²) in [4.78, 5) is 7.33. The predicted molar refractivity (Wildman–Crippen MR) is 53.6 cm³/mol. The van der Waals surface area contributed by atoms with Crippen molar-refractivity contribution in [2.75, 3.05) is 0 Å². The fraction of sp³-hybridized carbons (Fsp3) is 0.545. The number of nitrogens with one attached hydrogen (secondary N) is 1. The van der Waals surface area contributed by atoms with Gasteiger partial charge in [0.1, 0.15) is 11.4 Å². The molecule has 3 heteroatoms. The molecule has 0 atom stereocenters. The lowest BCUT2D eigenvalue weighted by Crippen LogP contribution is -2.31. The second kappa shape index (κ2) is 3.47. The summed E-state index contributed by atoms with van der Waals surface area (Å²) in [7, 11) is 0. The largest absolute Gasteiger partial charge is 0.378 e. The highest BCUT2D eigenvalue weighted by Gasteiger charge is 2.32. The molecule has 0 amide bonds. The van der Waals surface area contributed by atoms with Gasteiger partial charge < -0.3 is 10.1 Å². The molecule has 1 heterocycles. The number of aliphatic hydroxyl groups is 1. The number of aromatic amines is 1. The zero-order valence-electron chi connectivity index (χ0n) is 8.03. The summed E-state index contributed by atoms with van der Waals surface area (Å²) in [6.07, 6.45) is 12.0. The number of aromatic nitrogens is 2. The molecule has 0 bridgehead atoms. The smallest absolute Gasteiger partial charge is 0.125 e. The predicted octanol–water partition coefficient (Wildman–Crippen LogP) is 1.43. The summed E-state index contributed by atoms with van der Waals surface area (Å²) in [5.74, 6) is 3.92. The highest BCUT2D eigenvalue weighted by molar-refractivity contribution is 5.12. The lowest BCUT2D eigenvalue weighted by atomic mass is 9.79. The van der Waals surface area contributed by atoms with Crippen LogP contribution in [0.1, 0.15) is 37.4 Å². The van der Waals surface area contributed by atoms with E-state index in [0.29, 0.717) is 18.8 Å². The van der Waals surface area contributed by atoms with E-state index < -0.39 is 5.60 Å². The van der Waals surface area contributed by atoms with Crippen LogP contribution in [0.2, 0.25) is 0 Å². The number of rotatable bonds is 1. The third-order valence-electron chi connectivity index (χ3n) is 2.99. The highest BCUT2D eigenvalue weighted by atomic mass is 16.3. The van der Waals surface area contributed by atoms with Crippen molar-refractivity contribution in [2.45, 2.75) is 37.2 Å². The van der Waals surface area contributed by atoms with Crippen LogP contribution >= 0.6 is 0 Å². The van der Waals surface area contributed by atoms with Crippen LogP contribution < -0.4 is 0 Å². The van der Waals surface area contributed by atoms with Crippen LogP contribution in [0.3, 0.4) is 0 Å². The molecule has 0 aliphatic heterocycles. The van der Waals surface area contributed by atoms with Crippen molar-refractivity contribution in [3.63, 3.8) is 0 Å². The van der Waals surface area contributed by atoms with Crippen molar-refractivity contribution in [3.05, 3.63) is 18.2 Å². The Balaban J connectivity index is 2.01. The quantitative estimate of drug-likeness (QED) is 0.658. The van der Waals surface area contributed by atoms with Gasteiger partial charge in [-0.2, -0.15) is 0 Å². The van der Waals surface area contributed by atoms with Crippen LogP contribution in [0, 0.1) is 12.3 Å². The number of H-pyrrole nitrogens is 1. The summed E-state index contributed by atoms with van der Waals surface area (Å²) >= 11 is 0. The second-order valence-corrected chi connectivity index (χ2v) is 3.92. The molecular weight excluding hydrogens is 176 g/mol. The Morgan fingerprint density at radius 3 is 2.79 bits per heavy atom. The van der Waals surface area contributed by atoms with Crippen LogP contribution in [0.25, 0.3) is 0 Å². The van der Waals surface area contributed by atoms with Gasteiger partial charge in [-0.15, -0.1) is 6.42 Å². The van der Waals surface area contributed by atoms with Gasteiger partial charge in [-0.3, -0.25) is 0 Å². The standard InChI is InChI=1S/C11H14N2O/c1-2-11(14)5-3-9(4-6-11)10-12-7-8-13-10/h1,7-9,14H,3-6H2,(H,12,13). The minimum atomic E-state index is -0.872. The molecule has 0 aromatic carbocycles. The number of terminal acetylenes is 1. The number of nitrogens with zero attached hydrogens (tertiary/aromatic N) is 1. The van der Waals surface area contributed by atoms with E-state index in [1.165, 1.54) is 0 Å². The van der Waals surface area contributed by atoms with Crippen molar-refractivity contribution in [1.29, 1.82) is 0 Å².